The lowest BCUT2D eigenvalue weighted by molar-refractivity contribution is 0.450. The molecule has 4 heteroatoms. The Hall–Kier alpha value is -0.0900. The molecule has 0 aromatic rings. The van der Waals surface area contributed by atoms with Crippen LogP contribution in [-0.2, 0) is 9.84 Å². The van der Waals surface area contributed by atoms with Crippen LogP contribution in [0.2, 0.25) is 0 Å². The number of unbranched alkanes of at least 4 members (excludes halogenated alkanes) is 2. The molecule has 0 aliphatic rings. The minimum absolute atomic E-state index is 0.396. The molecule has 0 rings (SSSR count). The second-order valence-corrected chi connectivity index (χ2v) is 7.96. The van der Waals surface area contributed by atoms with Crippen LogP contribution in [0.25, 0.3) is 0 Å². The van der Waals surface area contributed by atoms with Crippen LogP contribution in [0.5, 0.6) is 0 Å². The van der Waals surface area contributed by atoms with Gasteiger partial charge in [-0.2, -0.15) is 0 Å². The Morgan fingerprint density at radius 1 is 1.25 bits per heavy atom. The van der Waals surface area contributed by atoms with E-state index in [1.165, 1.54) is 25.5 Å². The predicted molar refractivity (Wildman–Crippen MR) is 70.5 cm³/mol. The molecule has 1 atom stereocenters. The molecule has 0 aliphatic heterocycles. The molecular formula is C12H27NO2S. The average Bonchev–Trinajstić information content (AvgIpc) is 2.13. The van der Waals surface area contributed by atoms with Gasteiger partial charge in [-0.05, 0) is 27.2 Å². The van der Waals surface area contributed by atoms with Gasteiger partial charge < -0.3 is 5.32 Å². The van der Waals surface area contributed by atoms with Crippen LogP contribution in [0.15, 0.2) is 0 Å². The van der Waals surface area contributed by atoms with Crippen molar-refractivity contribution in [2.75, 3.05) is 12.8 Å². The summed E-state index contributed by atoms with van der Waals surface area (Å²) in [7, 11) is -2.99. The molecule has 0 radical (unpaired) electrons. The second-order valence-electron chi connectivity index (χ2n) is 5.31. The van der Waals surface area contributed by atoms with E-state index in [0.717, 1.165) is 6.42 Å². The quantitative estimate of drug-likeness (QED) is 0.672. The van der Waals surface area contributed by atoms with Crippen molar-refractivity contribution in [1.29, 1.82) is 0 Å². The summed E-state index contributed by atoms with van der Waals surface area (Å²) in [6.45, 7) is 8.38. The lowest BCUT2D eigenvalue weighted by Gasteiger charge is -2.25. The molecule has 0 aliphatic carbocycles. The van der Waals surface area contributed by atoms with E-state index in [0.29, 0.717) is 12.6 Å². The van der Waals surface area contributed by atoms with Gasteiger partial charge in [-0.3, -0.25) is 0 Å². The summed E-state index contributed by atoms with van der Waals surface area (Å²) in [4.78, 5) is 0. The highest BCUT2D eigenvalue weighted by Crippen LogP contribution is 2.14. The first-order valence-electron chi connectivity index (χ1n) is 6.13. The zero-order valence-electron chi connectivity index (χ0n) is 11.3. The molecule has 98 valence electrons. The van der Waals surface area contributed by atoms with Crippen molar-refractivity contribution in [2.45, 2.75) is 64.2 Å². The first kappa shape index (κ1) is 15.9. The maximum Gasteiger partial charge on any atom is 0.153 e. The van der Waals surface area contributed by atoms with Gasteiger partial charge in [0, 0.05) is 18.8 Å². The molecule has 0 saturated carbocycles. The number of sulfone groups is 1. The van der Waals surface area contributed by atoms with Gasteiger partial charge in [-0.15, -0.1) is 0 Å². The Labute approximate surface area is 101 Å². The van der Waals surface area contributed by atoms with Crippen LogP contribution >= 0.6 is 0 Å². The van der Waals surface area contributed by atoms with Crippen molar-refractivity contribution in [3.8, 4) is 0 Å². The van der Waals surface area contributed by atoms with Crippen molar-refractivity contribution < 1.29 is 8.42 Å². The molecule has 0 heterocycles. The lowest BCUT2D eigenvalue weighted by atomic mass is 10.1. The largest absolute Gasteiger partial charge is 0.313 e. The van der Waals surface area contributed by atoms with Crippen LogP contribution in [0.3, 0.4) is 0 Å². The van der Waals surface area contributed by atoms with Crippen molar-refractivity contribution in [3.05, 3.63) is 0 Å². The summed E-state index contributed by atoms with van der Waals surface area (Å²) in [5.41, 5.74) is 0. The molecule has 0 saturated heterocycles. The standard InChI is InChI=1S/C12H27NO2S/c1-6-7-8-9-11(2)13-10-12(3,4)16(5,14)15/h11,13H,6-10H2,1-5H3. The van der Waals surface area contributed by atoms with Crippen molar-refractivity contribution in [3.63, 3.8) is 0 Å². The number of hydrogen-bond acceptors (Lipinski definition) is 3. The molecular weight excluding hydrogens is 222 g/mol. The monoisotopic (exact) mass is 249 g/mol. The van der Waals surface area contributed by atoms with E-state index in [4.69, 9.17) is 0 Å². The summed E-state index contributed by atoms with van der Waals surface area (Å²) < 4.78 is 22.3. The molecule has 0 fully saturated rings. The lowest BCUT2D eigenvalue weighted by Crippen LogP contribution is -2.44. The Morgan fingerprint density at radius 3 is 2.25 bits per heavy atom. The van der Waals surface area contributed by atoms with Crippen LogP contribution in [0.1, 0.15) is 53.4 Å². The molecule has 0 amide bonds. The van der Waals surface area contributed by atoms with E-state index in [2.05, 4.69) is 19.2 Å². The third-order valence-corrected chi connectivity index (χ3v) is 5.27. The zero-order valence-corrected chi connectivity index (χ0v) is 12.2. The van der Waals surface area contributed by atoms with Crippen molar-refractivity contribution in [2.24, 2.45) is 0 Å². The van der Waals surface area contributed by atoms with Gasteiger partial charge in [0.05, 0.1) is 4.75 Å². The van der Waals surface area contributed by atoms with E-state index >= 15 is 0 Å². The summed E-state index contributed by atoms with van der Waals surface area (Å²) in [6.07, 6.45) is 6.11. The molecule has 3 nitrogen and oxygen atoms in total. The van der Waals surface area contributed by atoms with Crippen LogP contribution < -0.4 is 5.32 Å². The van der Waals surface area contributed by atoms with E-state index in [9.17, 15) is 8.42 Å². The normalized spacial score (nSPS) is 15.1. The molecule has 16 heavy (non-hydrogen) atoms. The van der Waals surface area contributed by atoms with Crippen LogP contribution in [-0.4, -0.2) is 32.0 Å². The van der Waals surface area contributed by atoms with Gasteiger partial charge in [0.15, 0.2) is 9.84 Å². The van der Waals surface area contributed by atoms with Gasteiger partial charge in [0.25, 0.3) is 0 Å². The summed E-state index contributed by atoms with van der Waals surface area (Å²) in [5, 5.41) is 3.31. The van der Waals surface area contributed by atoms with Gasteiger partial charge in [-0.1, -0.05) is 26.2 Å². The minimum Gasteiger partial charge on any atom is -0.313 e. The zero-order chi connectivity index (χ0) is 12.8. The Bertz CT molecular complexity index is 283. The molecule has 1 N–H and O–H groups in total. The van der Waals surface area contributed by atoms with Crippen molar-refractivity contribution in [1.82, 2.24) is 5.32 Å². The van der Waals surface area contributed by atoms with Crippen molar-refractivity contribution >= 4 is 9.84 Å². The average molecular weight is 249 g/mol. The van der Waals surface area contributed by atoms with E-state index in [1.54, 1.807) is 13.8 Å². The summed E-state index contributed by atoms with van der Waals surface area (Å²) in [6, 6.07) is 0.396. The van der Waals surface area contributed by atoms with E-state index in [1.807, 2.05) is 0 Å². The Morgan fingerprint density at radius 2 is 1.81 bits per heavy atom. The number of nitrogens with one attached hydrogen (secondary N) is 1. The van der Waals surface area contributed by atoms with Crippen LogP contribution in [0.4, 0.5) is 0 Å². The fraction of sp³-hybridized carbons (Fsp3) is 1.00. The highest BCUT2D eigenvalue weighted by molar-refractivity contribution is 7.92. The predicted octanol–water partition coefficient (Wildman–Crippen LogP) is 2.37. The third-order valence-electron chi connectivity index (χ3n) is 3.12. The van der Waals surface area contributed by atoms with Gasteiger partial charge in [0.1, 0.15) is 0 Å². The fourth-order valence-corrected chi connectivity index (χ4v) is 1.70. The molecule has 1 unspecified atom stereocenters. The molecule has 0 bridgehead atoms. The smallest absolute Gasteiger partial charge is 0.153 e. The maximum absolute atomic E-state index is 11.5. The summed E-state index contributed by atoms with van der Waals surface area (Å²) in [5.74, 6) is 0. The fourth-order valence-electron chi connectivity index (χ4n) is 1.35. The summed E-state index contributed by atoms with van der Waals surface area (Å²) >= 11 is 0. The van der Waals surface area contributed by atoms with E-state index < -0.39 is 14.6 Å². The second kappa shape index (κ2) is 6.60. The first-order valence-corrected chi connectivity index (χ1v) is 8.03. The first-order chi connectivity index (χ1) is 7.20. The highest BCUT2D eigenvalue weighted by Gasteiger charge is 2.29. The minimum atomic E-state index is -2.99. The van der Waals surface area contributed by atoms with Gasteiger partial charge in [0.2, 0.25) is 0 Å². The SMILES string of the molecule is CCCCCC(C)NCC(C)(C)S(C)(=O)=O. The Kier molecular flexibility index (Phi) is 6.56. The Balaban J connectivity index is 3.96. The van der Waals surface area contributed by atoms with Gasteiger partial charge >= 0.3 is 0 Å². The topological polar surface area (TPSA) is 46.2 Å². The maximum atomic E-state index is 11.5. The van der Waals surface area contributed by atoms with E-state index in [-0.39, 0.29) is 0 Å². The van der Waals surface area contributed by atoms with Gasteiger partial charge in [-0.25, -0.2) is 8.42 Å². The highest BCUT2D eigenvalue weighted by atomic mass is 32.2. The molecule has 0 spiro atoms. The van der Waals surface area contributed by atoms with Crippen LogP contribution in [0, 0.1) is 0 Å². The molecule has 0 aromatic heterocycles. The number of rotatable bonds is 8. The molecule has 0 aromatic carbocycles. The third kappa shape index (κ3) is 5.85. The number of hydrogen-bond donors (Lipinski definition) is 1.